The standard InChI is InChI=1S/C20H23N3O3/c1-21(17-5-3-2-4-6-17)19(24)15-22-11-13-23(14-12-22)18-9-7-16(8-10-18)20(25)26/h2-10H,11-15H2,1H3,(H,25,26). The molecule has 136 valence electrons. The Morgan fingerprint density at radius 3 is 2.15 bits per heavy atom. The molecule has 3 rings (SSSR count). The summed E-state index contributed by atoms with van der Waals surface area (Å²) in [7, 11) is 1.80. The Kier molecular flexibility index (Phi) is 5.53. The van der Waals surface area contributed by atoms with E-state index in [1.807, 2.05) is 42.5 Å². The lowest BCUT2D eigenvalue weighted by Crippen LogP contribution is -2.49. The number of carboxylic acid groups (broad SMARTS) is 1. The zero-order valence-electron chi connectivity index (χ0n) is 14.8. The smallest absolute Gasteiger partial charge is 0.335 e. The molecule has 0 bridgehead atoms. The molecule has 0 spiro atoms. The second-order valence-corrected chi connectivity index (χ2v) is 6.40. The molecule has 0 saturated carbocycles. The predicted octanol–water partition coefficient (Wildman–Crippen LogP) is 2.17. The number of rotatable bonds is 5. The van der Waals surface area contributed by atoms with E-state index in [1.54, 1.807) is 24.1 Å². The molecule has 2 aromatic rings. The molecule has 1 fully saturated rings. The lowest BCUT2D eigenvalue weighted by molar-refractivity contribution is -0.119. The highest BCUT2D eigenvalue weighted by Gasteiger charge is 2.21. The van der Waals surface area contributed by atoms with Gasteiger partial charge in [-0.05, 0) is 36.4 Å². The van der Waals surface area contributed by atoms with E-state index in [2.05, 4.69) is 9.80 Å². The molecule has 1 N–H and O–H groups in total. The van der Waals surface area contributed by atoms with E-state index >= 15 is 0 Å². The lowest BCUT2D eigenvalue weighted by Gasteiger charge is -2.36. The largest absolute Gasteiger partial charge is 0.478 e. The van der Waals surface area contributed by atoms with Crippen LogP contribution >= 0.6 is 0 Å². The minimum absolute atomic E-state index is 0.0791. The number of benzene rings is 2. The number of nitrogens with zero attached hydrogens (tertiary/aromatic N) is 3. The third-order valence-corrected chi connectivity index (χ3v) is 4.73. The molecule has 1 aliphatic heterocycles. The molecule has 6 heteroatoms. The number of piperazine rings is 1. The highest BCUT2D eigenvalue weighted by atomic mass is 16.4. The van der Waals surface area contributed by atoms with Gasteiger partial charge in [0.25, 0.3) is 0 Å². The molecule has 26 heavy (non-hydrogen) atoms. The molecular weight excluding hydrogens is 330 g/mol. The van der Waals surface area contributed by atoms with Gasteiger partial charge in [-0.3, -0.25) is 9.69 Å². The van der Waals surface area contributed by atoms with Crippen molar-refractivity contribution in [3.8, 4) is 0 Å². The third kappa shape index (κ3) is 4.21. The van der Waals surface area contributed by atoms with Crippen molar-refractivity contribution in [2.75, 3.05) is 49.6 Å². The topological polar surface area (TPSA) is 64.1 Å². The van der Waals surface area contributed by atoms with Gasteiger partial charge in [0.1, 0.15) is 0 Å². The van der Waals surface area contributed by atoms with Crippen molar-refractivity contribution in [2.24, 2.45) is 0 Å². The van der Waals surface area contributed by atoms with Gasteiger partial charge in [-0.2, -0.15) is 0 Å². The summed E-state index contributed by atoms with van der Waals surface area (Å²) in [6.45, 7) is 3.63. The van der Waals surface area contributed by atoms with Gasteiger partial charge in [-0.15, -0.1) is 0 Å². The Hall–Kier alpha value is -2.86. The number of hydrogen-bond donors (Lipinski definition) is 1. The Labute approximate surface area is 153 Å². The minimum Gasteiger partial charge on any atom is -0.478 e. The fraction of sp³-hybridized carbons (Fsp3) is 0.300. The summed E-state index contributed by atoms with van der Waals surface area (Å²) in [5.74, 6) is -0.835. The molecule has 0 aromatic heterocycles. The maximum atomic E-state index is 12.5. The zero-order valence-corrected chi connectivity index (χ0v) is 14.8. The van der Waals surface area contributed by atoms with Crippen LogP contribution in [-0.2, 0) is 4.79 Å². The van der Waals surface area contributed by atoms with Crippen LogP contribution in [0.5, 0.6) is 0 Å². The van der Waals surface area contributed by atoms with E-state index in [4.69, 9.17) is 5.11 Å². The Morgan fingerprint density at radius 2 is 1.58 bits per heavy atom. The number of amides is 1. The Bertz CT molecular complexity index is 754. The summed E-state index contributed by atoms with van der Waals surface area (Å²) >= 11 is 0. The molecule has 2 aromatic carbocycles. The quantitative estimate of drug-likeness (QED) is 0.893. The molecule has 0 atom stereocenters. The van der Waals surface area contributed by atoms with E-state index < -0.39 is 5.97 Å². The van der Waals surface area contributed by atoms with E-state index in [9.17, 15) is 9.59 Å². The van der Waals surface area contributed by atoms with Crippen molar-refractivity contribution in [1.82, 2.24) is 4.90 Å². The summed E-state index contributed by atoms with van der Waals surface area (Å²) in [5, 5.41) is 8.98. The molecule has 1 aliphatic rings. The first-order chi connectivity index (χ1) is 12.5. The molecule has 6 nitrogen and oxygen atoms in total. The number of para-hydroxylation sites is 1. The average Bonchev–Trinajstić information content (AvgIpc) is 2.68. The fourth-order valence-corrected chi connectivity index (χ4v) is 3.07. The van der Waals surface area contributed by atoms with Crippen LogP contribution in [-0.4, -0.2) is 61.7 Å². The molecule has 0 unspecified atom stereocenters. The van der Waals surface area contributed by atoms with Gasteiger partial charge in [-0.1, -0.05) is 18.2 Å². The van der Waals surface area contributed by atoms with Crippen molar-refractivity contribution in [2.45, 2.75) is 0 Å². The van der Waals surface area contributed by atoms with Crippen LogP contribution in [0.2, 0.25) is 0 Å². The van der Waals surface area contributed by atoms with E-state index in [-0.39, 0.29) is 5.91 Å². The molecule has 0 radical (unpaired) electrons. The first kappa shape index (κ1) is 17.9. The fourth-order valence-electron chi connectivity index (χ4n) is 3.07. The van der Waals surface area contributed by atoms with E-state index in [0.717, 1.165) is 37.6 Å². The summed E-state index contributed by atoms with van der Waals surface area (Å²) in [6, 6.07) is 16.6. The van der Waals surface area contributed by atoms with E-state index in [1.165, 1.54) is 0 Å². The van der Waals surface area contributed by atoms with Gasteiger partial charge in [-0.25, -0.2) is 4.79 Å². The van der Waals surface area contributed by atoms with E-state index in [0.29, 0.717) is 12.1 Å². The highest BCUT2D eigenvalue weighted by Crippen LogP contribution is 2.18. The monoisotopic (exact) mass is 353 g/mol. The van der Waals surface area contributed by atoms with Gasteiger partial charge in [0, 0.05) is 44.6 Å². The SMILES string of the molecule is CN(C(=O)CN1CCN(c2ccc(C(=O)O)cc2)CC1)c1ccccc1. The number of aromatic carboxylic acids is 1. The molecule has 1 saturated heterocycles. The summed E-state index contributed by atoms with van der Waals surface area (Å²) < 4.78 is 0. The first-order valence-electron chi connectivity index (χ1n) is 8.67. The van der Waals surface area contributed by atoms with Gasteiger partial charge in [0.15, 0.2) is 0 Å². The maximum absolute atomic E-state index is 12.5. The summed E-state index contributed by atoms with van der Waals surface area (Å²) in [5.41, 5.74) is 2.21. The van der Waals surface area contributed by atoms with Crippen LogP contribution in [0.4, 0.5) is 11.4 Å². The molecule has 1 amide bonds. The highest BCUT2D eigenvalue weighted by molar-refractivity contribution is 5.94. The number of anilines is 2. The van der Waals surface area contributed by atoms with Gasteiger partial charge >= 0.3 is 5.97 Å². The maximum Gasteiger partial charge on any atom is 0.335 e. The van der Waals surface area contributed by atoms with Crippen LogP contribution in [0.15, 0.2) is 54.6 Å². The predicted molar refractivity (Wildman–Crippen MR) is 102 cm³/mol. The number of carbonyl (C=O) groups excluding carboxylic acids is 1. The number of carboxylic acids is 1. The van der Waals surface area contributed by atoms with Gasteiger partial charge < -0.3 is 14.9 Å². The Balaban J connectivity index is 1.52. The van der Waals surface area contributed by atoms with Crippen molar-refractivity contribution >= 4 is 23.3 Å². The van der Waals surface area contributed by atoms with Crippen LogP contribution in [0.1, 0.15) is 10.4 Å². The minimum atomic E-state index is -0.914. The second kappa shape index (κ2) is 8.01. The normalized spacial score (nSPS) is 14.9. The lowest BCUT2D eigenvalue weighted by atomic mass is 10.2. The van der Waals surface area contributed by atoms with Crippen molar-refractivity contribution in [1.29, 1.82) is 0 Å². The Morgan fingerprint density at radius 1 is 0.962 bits per heavy atom. The van der Waals surface area contributed by atoms with Crippen molar-refractivity contribution < 1.29 is 14.7 Å². The van der Waals surface area contributed by atoms with Crippen LogP contribution in [0.25, 0.3) is 0 Å². The average molecular weight is 353 g/mol. The van der Waals surface area contributed by atoms with Crippen LogP contribution in [0, 0.1) is 0 Å². The third-order valence-electron chi connectivity index (χ3n) is 4.73. The van der Waals surface area contributed by atoms with Gasteiger partial charge in [0.2, 0.25) is 5.91 Å². The summed E-state index contributed by atoms with van der Waals surface area (Å²) in [4.78, 5) is 29.5. The number of likely N-dealkylation sites (N-methyl/N-ethyl adjacent to an activating group) is 1. The number of hydrogen-bond acceptors (Lipinski definition) is 4. The molecule has 0 aliphatic carbocycles. The van der Waals surface area contributed by atoms with Crippen LogP contribution in [0.3, 0.4) is 0 Å². The zero-order chi connectivity index (χ0) is 18.5. The number of carbonyl (C=O) groups is 2. The van der Waals surface area contributed by atoms with Crippen molar-refractivity contribution in [3.05, 3.63) is 60.2 Å². The van der Waals surface area contributed by atoms with Crippen molar-refractivity contribution in [3.63, 3.8) is 0 Å². The van der Waals surface area contributed by atoms with Crippen LogP contribution < -0.4 is 9.80 Å². The molecular formula is C20H23N3O3. The summed E-state index contributed by atoms with van der Waals surface area (Å²) in [6.07, 6.45) is 0. The molecule has 1 heterocycles. The second-order valence-electron chi connectivity index (χ2n) is 6.40. The first-order valence-corrected chi connectivity index (χ1v) is 8.67. The van der Waals surface area contributed by atoms with Gasteiger partial charge in [0.05, 0.1) is 12.1 Å².